The summed E-state index contributed by atoms with van der Waals surface area (Å²) in [7, 11) is -9.91. The minimum atomic E-state index is -4.96. The predicted molar refractivity (Wildman–Crippen MR) is 368 cm³/mol. The molecule has 3 N–H and O–H groups in total. The van der Waals surface area contributed by atoms with Crippen molar-refractivity contribution in [2.24, 2.45) is 5.92 Å². The number of hydrogen-bond donors (Lipinski definition) is 3. The lowest BCUT2D eigenvalue weighted by molar-refractivity contribution is -0.161. The summed E-state index contributed by atoms with van der Waals surface area (Å²) < 4.78 is 68.2. The average molecular weight is 1340 g/mol. The summed E-state index contributed by atoms with van der Waals surface area (Å²) in [5, 5.41) is 10.6. The quantitative estimate of drug-likeness (QED) is 0.0169. The summed E-state index contributed by atoms with van der Waals surface area (Å²) in [4.78, 5) is 72.5. The van der Waals surface area contributed by atoms with Crippen molar-refractivity contribution in [1.29, 1.82) is 0 Å². The minimum Gasteiger partial charge on any atom is -0.462 e. The van der Waals surface area contributed by atoms with Crippen LogP contribution in [-0.2, 0) is 65.4 Å². The lowest BCUT2D eigenvalue weighted by atomic mass is 9.99. The smallest absolute Gasteiger partial charge is 0.462 e. The molecule has 0 rings (SSSR count). The summed E-state index contributed by atoms with van der Waals surface area (Å²) in [5.74, 6) is -1.39. The van der Waals surface area contributed by atoms with Crippen molar-refractivity contribution in [3.63, 3.8) is 0 Å². The largest absolute Gasteiger partial charge is 0.472 e. The van der Waals surface area contributed by atoms with Crippen LogP contribution in [0.2, 0.25) is 0 Å². The van der Waals surface area contributed by atoms with Crippen molar-refractivity contribution in [3.05, 3.63) is 24.3 Å². The zero-order chi connectivity index (χ0) is 67.0. The van der Waals surface area contributed by atoms with E-state index < -0.39 is 97.5 Å². The highest BCUT2D eigenvalue weighted by atomic mass is 31.2. The third-order valence-corrected chi connectivity index (χ3v) is 18.4. The Morgan fingerprint density at radius 1 is 0.352 bits per heavy atom. The van der Waals surface area contributed by atoms with Gasteiger partial charge in [-0.15, -0.1) is 0 Å². The van der Waals surface area contributed by atoms with Crippen LogP contribution in [-0.4, -0.2) is 96.7 Å². The molecule has 0 fully saturated rings. The number of carbonyl (C=O) groups is 4. The third-order valence-electron chi connectivity index (χ3n) is 16.5. The molecular weight excluding hydrogens is 1200 g/mol. The number of ether oxygens (including phenoxy) is 4. The van der Waals surface area contributed by atoms with E-state index in [1.54, 1.807) is 0 Å². The Balaban J connectivity index is 5.24. The minimum absolute atomic E-state index is 0.101. The number of aliphatic hydroxyl groups is 1. The van der Waals surface area contributed by atoms with Crippen molar-refractivity contribution in [1.82, 2.24) is 0 Å². The second-order valence-corrected chi connectivity index (χ2v) is 28.4. The Kier molecular flexibility index (Phi) is 63.1. The van der Waals surface area contributed by atoms with E-state index in [4.69, 9.17) is 37.0 Å². The Bertz CT molecular complexity index is 1850. The van der Waals surface area contributed by atoms with E-state index in [2.05, 4.69) is 58.9 Å². The van der Waals surface area contributed by atoms with Gasteiger partial charge in [-0.05, 0) is 57.3 Å². The lowest BCUT2D eigenvalue weighted by Crippen LogP contribution is -2.30. The van der Waals surface area contributed by atoms with Crippen molar-refractivity contribution in [2.45, 2.75) is 368 Å². The molecule has 0 amide bonds. The fourth-order valence-electron chi connectivity index (χ4n) is 10.4. The molecule has 17 nitrogen and oxygen atoms in total. The second kappa shape index (κ2) is 64.9. The number of rotatable bonds is 70. The van der Waals surface area contributed by atoms with Crippen molar-refractivity contribution in [2.75, 3.05) is 39.6 Å². The van der Waals surface area contributed by atoms with Gasteiger partial charge in [0.1, 0.15) is 19.3 Å². The van der Waals surface area contributed by atoms with E-state index in [1.807, 2.05) is 0 Å². The van der Waals surface area contributed by atoms with Crippen LogP contribution >= 0.6 is 15.6 Å². The first-order valence-electron chi connectivity index (χ1n) is 37.0. The van der Waals surface area contributed by atoms with Crippen molar-refractivity contribution in [3.8, 4) is 0 Å². The van der Waals surface area contributed by atoms with Gasteiger partial charge < -0.3 is 33.8 Å². The number of aliphatic hydroxyl groups excluding tert-OH is 1. The molecule has 0 aromatic carbocycles. The molecule has 0 saturated heterocycles. The zero-order valence-corrected chi connectivity index (χ0v) is 60.3. The summed E-state index contributed by atoms with van der Waals surface area (Å²) in [6.45, 7) is 7.15. The van der Waals surface area contributed by atoms with Crippen molar-refractivity contribution < 1.29 is 80.2 Å². The third kappa shape index (κ3) is 64.6. The number of hydrogen-bond acceptors (Lipinski definition) is 15. The Hall–Kier alpha value is -2.46. The number of allylic oxidation sites excluding steroid dienone is 4. The Morgan fingerprint density at radius 3 is 0.934 bits per heavy atom. The molecule has 0 aliphatic carbocycles. The maximum Gasteiger partial charge on any atom is 0.472 e. The Labute approximate surface area is 554 Å². The first-order chi connectivity index (χ1) is 44.1. The highest BCUT2D eigenvalue weighted by molar-refractivity contribution is 7.47. The zero-order valence-electron chi connectivity index (χ0n) is 58.5. The highest BCUT2D eigenvalue weighted by Gasteiger charge is 2.30. The summed E-state index contributed by atoms with van der Waals surface area (Å²) in [5.41, 5.74) is 0. The van der Waals surface area contributed by atoms with Crippen LogP contribution in [0.15, 0.2) is 24.3 Å². The van der Waals surface area contributed by atoms with Gasteiger partial charge in [0.2, 0.25) is 0 Å². The molecule has 0 bridgehead atoms. The number of phosphoric acid groups is 2. The maximum absolute atomic E-state index is 13.0. The molecular formula is C72H136O17P2. The molecule has 0 spiro atoms. The van der Waals surface area contributed by atoms with Gasteiger partial charge in [-0.2, -0.15) is 0 Å². The topological polar surface area (TPSA) is 237 Å². The monoisotopic (exact) mass is 1330 g/mol. The SMILES string of the molecule is CCCCCC/C=C\C=C/CCCCCCCC(=O)OC[C@H](COP(=O)(O)OC[C@@H](O)COP(=O)(O)OC[C@@H](COC(=O)CCCCCCCCC)OC(=O)CCCCCCCCCCC(C)CC)OC(=O)CCCCCCCCCCCCCCCCCCC. The molecule has 0 aromatic rings. The molecule has 91 heavy (non-hydrogen) atoms. The molecule has 19 heteroatoms. The molecule has 0 aliphatic rings. The van der Waals surface area contributed by atoms with E-state index in [0.717, 1.165) is 128 Å². The van der Waals surface area contributed by atoms with E-state index in [9.17, 15) is 43.2 Å². The van der Waals surface area contributed by atoms with Gasteiger partial charge in [-0.1, -0.05) is 296 Å². The highest BCUT2D eigenvalue weighted by Crippen LogP contribution is 2.45. The maximum atomic E-state index is 13.0. The standard InChI is InChI=1S/C72H136O17P2/c1-6-10-13-16-19-21-23-25-27-28-30-32-34-36-42-47-52-57-71(76)88-68(62-83-70(75)56-51-46-41-35-33-31-29-26-24-22-20-17-14-11-7-2)64-87-91(80,81)85-60-66(73)59-84-90(78,79)86-63-67(61-82-69(74)55-50-45-39-18-15-12-8-3)89-72(77)58-53-48-43-38-37-40-44-49-54-65(5)9-4/h22,24,26,29,65-68,73H,6-21,23,25,27-28,30-64H2,1-5H3,(H,78,79)(H,80,81)/b24-22-,29-26-/t65?,66-,67+,68+/m0/s1. The number of carbonyl (C=O) groups excluding carboxylic acids is 4. The van der Waals surface area contributed by atoms with Gasteiger partial charge in [0.15, 0.2) is 12.2 Å². The second-order valence-electron chi connectivity index (χ2n) is 25.5. The van der Waals surface area contributed by atoms with Crippen LogP contribution in [0.25, 0.3) is 0 Å². The van der Waals surface area contributed by atoms with Crippen LogP contribution in [0.5, 0.6) is 0 Å². The van der Waals surface area contributed by atoms with Gasteiger partial charge >= 0.3 is 39.5 Å². The first kappa shape index (κ1) is 88.5. The first-order valence-corrected chi connectivity index (χ1v) is 40.0. The molecule has 0 aliphatic heterocycles. The fraction of sp³-hybridized carbons (Fsp3) is 0.889. The van der Waals surface area contributed by atoms with Gasteiger partial charge in [0.25, 0.3) is 0 Å². The van der Waals surface area contributed by atoms with Crippen LogP contribution in [0.3, 0.4) is 0 Å². The van der Waals surface area contributed by atoms with E-state index in [0.29, 0.717) is 25.7 Å². The molecule has 536 valence electrons. The van der Waals surface area contributed by atoms with E-state index >= 15 is 0 Å². The molecule has 0 aromatic heterocycles. The fourth-order valence-corrected chi connectivity index (χ4v) is 12.0. The van der Waals surface area contributed by atoms with Crippen LogP contribution in [0.1, 0.15) is 349 Å². The normalized spacial score (nSPS) is 14.5. The van der Waals surface area contributed by atoms with Crippen molar-refractivity contribution >= 4 is 39.5 Å². The Morgan fingerprint density at radius 2 is 0.615 bits per heavy atom. The average Bonchev–Trinajstić information content (AvgIpc) is 3.51. The van der Waals surface area contributed by atoms with Crippen LogP contribution < -0.4 is 0 Å². The van der Waals surface area contributed by atoms with Crippen LogP contribution in [0.4, 0.5) is 0 Å². The molecule has 6 atom stereocenters. The van der Waals surface area contributed by atoms with E-state index in [-0.39, 0.29) is 25.7 Å². The number of esters is 4. The van der Waals surface area contributed by atoms with Gasteiger partial charge in [-0.3, -0.25) is 37.3 Å². The molecule has 0 saturated carbocycles. The number of phosphoric ester groups is 2. The predicted octanol–water partition coefficient (Wildman–Crippen LogP) is 20.5. The van der Waals surface area contributed by atoms with Gasteiger partial charge in [0.05, 0.1) is 26.4 Å². The van der Waals surface area contributed by atoms with Gasteiger partial charge in [-0.25, -0.2) is 9.13 Å². The lowest BCUT2D eigenvalue weighted by Gasteiger charge is -2.21. The molecule has 0 radical (unpaired) electrons. The summed E-state index contributed by atoms with van der Waals surface area (Å²) in [6, 6.07) is 0. The summed E-state index contributed by atoms with van der Waals surface area (Å²) in [6.07, 6.45) is 55.0. The molecule has 0 heterocycles. The van der Waals surface area contributed by atoms with Crippen LogP contribution in [0, 0.1) is 5.92 Å². The number of unbranched alkanes of at least 4 members (excludes halogenated alkanes) is 38. The van der Waals surface area contributed by atoms with Gasteiger partial charge in [0, 0.05) is 25.7 Å². The summed E-state index contributed by atoms with van der Waals surface area (Å²) >= 11 is 0. The molecule has 3 unspecified atom stereocenters. The van der Waals surface area contributed by atoms with E-state index in [1.165, 1.54) is 141 Å².